The van der Waals surface area contributed by atoms with Gasteiger partial charge in [0, 0.05) is 10.9 Å². The number of para-hydroxylation sites is 1. The van der Waals surface area contributed by atoms with Gasteiger partial charge in [0.25, 0.3) is 0 Å². The number of halogens is 3. The van der Waals surface area contributed by atoms with Crippen LogP contribution >= 0.6 is 0 Å². The van der Waals surface area contributed by atoms with Gasteiger partial charge in [-0.3, -0.25) is 0 Å². The van der Waals surface area contributed by atoms with Crippen LogP contribution in [0.1, 0.15) is 5.56 Å². The van der Waals surface area contributed by atoms with Crippen molar-refractivity contribution in [3.8, 4) is 11.4 Å². The summed E-state index contributed by atoms with van der Waals surface area (Å²) in [6.07, 6.45) is -1.72. The summed E-state index contributed by atoms with van der Waals surface area (Å²) in [5, 5.41) is 0.667. The molecule has 3 aromatic rings. The molecule has 3 rings (SSSR count). The van der Waals surface area contributed by atoms with Crippen LogP contribution in [0.4, 0.5) is 13.2 Å². The number of rotatable bonds is 1. The zero-order valence-electron chi connectivity index (χ0n) is 10.1. The molecule has 0 aliphatic heterocycles. The quantitative estimate of drug-likeness (QED) is 0.666. The van der Waals surface area contributed by atoms with Crippen molar-refractivity contribution in [3.63, 3.8) is 0 Å². The normalized spacial score (nSPS) is 11.8. The molecule has 0 unspecified atom stereocenters. The zero-order chi connectivity index (χ0) is 14.2. The minimum Gasteiger partial charge on any atom is -0.228 e. The molecule has 0 saturated heterocycles. The van der Waals surface area contributed by atoms with Crippen molar-refractivity contribution in [3.05, 3.63) is 60.3 Å². The van der Waals surface area contributed by atoms with Crippen molar-refractivity contribution in [1.82, 2.24) is 9.97 Å². The third-order valence-corrected chi connectivity index (χ3v) is 2.89. The van der Waals surface area contributed by atoms with Crippen molar-refractivity contribution < 1.29 is 13.2 Å². The molecule has 0 aliphatic carbocycles. The highest BCUT2D eigenvalue weighted by Gasteiger charge is 2.34. The zero-order valence-corrected chi connectivity index (χ0v) is 10.1. The SMILES string of the molecule is FC(F)(F)c1ccccc1-c1n[c]c2ccccc2n1. The van der Waals surface area contributed by atoms with E-state index in [4.69, 9.17) is 0 Å². The van der Waals surface area contributed by atoms with Crippen molar-refractivity contribution in [2.24, 2.45) is 0 Å². The first kappa shape index (κ1) is 12.6. The molecule has 0 atom stereocenters. The number of hydrogen-bond donors (Lipinski definition) is 0. The van der Waals surface area contributed by atoms with E-state index in [1.165, 1.54) is 18.2 Å². The molecule has 99 valence electrons. The first-order chi connectivity index (χ1) is 9.55. The number of nitrogens with zero attached hydrogens (tertiary/aromatic N) is 2. The van der Waals surface area contributed by atoms with Crippen LogP contribution in [-0.2, 0) is 6.18 Å². The summed E-state index contributed by atoms with van der Waals surface area (Å²) in [6.45, 7) is 0. The average molecular weight is 273 g/mol. The molecule has 0 fully saturated rings. The van der Waals surface area contributed by atoms with E-state index in [1.54, 1.807) is 24.3 Å². The predicted octanol–water partition coefficient (Wildman–Crippen LogP) is 4.12. The number of benzene rings is 2. The molecule has 0 bridgehead atoms. The van der Waals surface area contributed by atoms with Crippen LogP contribution in [0, 0.1) is 6.20 Å². The monoisotopic (exact) mass is 273 g/mol. The van der Waals surface area contributed by atoms with Crippen LogP contribution in [0.15, 0.2) is 48.5 Å². The Morgan fingerprint density at radius 3 is 2.40 bits per heavy atom. The second kappa shape index (κ2) is 4.59. The Bertz CT molecular complexity index is 766. The van der Waals surface area contributed by atoms with Crippen LogP contribution < -0.4 is 0 Å². The van der Waals surface area contributed by atoms with Crippen LogP contribution in [-0.4, -0.2) is 9.97 Å². The van der Waals surface area contributed by atoms with E-state index in [-0.39, 0.29) is 11.4 Å². The van der Waals surface area contributed by atoms with Crippen molar-refractivity contribution in [2.75, 3.05) is 0 Å². The fourth-order valence-electron chi connectivity index (χ4n) is 1.96. The number of alkyl halides is 3. The maximum Gasteiger partial charge on any atom is 0.417 e. The minimum absolute atomic E-state index is 0.0247. The number of aromatic nitrogens is 2. The van der Waals surface area contributed by atoms with Crippen LogP contribution in [0.5, 0.6) is 0 Å². The molecule has 1 aromatic heterocycles. The van der Waals surface area contributed by atoms with E-state index in [0.29, 0.717) is 10.9 Å². The van der Waals surface area contributed by atoms with Gasteiger partial charge < -0.3 is 0 Å². The largest absolute Gasteiger partial charge is 0.417 e. The highest BCUT2D eigenvalue weighted by Crippen LogP contribution is 2.35. The van der Waals surface area contributed by atoms with Gasteiger partial charge in [-0.25, -0.2) is 9.97 Å². The van der Waals surface area contributed by atoms with Crippen molar-refractivity contribution in [1.29, 1.82) is 0 Å². The first-order valence-corrected chi connectivity index (χ1v) is 5.87. The van der Waals surface area contributed by atoms with Crippen molar-refractivity contribution >= 4 is 10.9 Å². The second-order valence-corrected chi connectivity index (χ2v) is 4.22. The molecule has 20 heavy (non-hydrogen) atoms. The third-order valence-electron chi connectivity index (χ3n) is 2.89. The molecule has 2 nitrogen and oxygen atoms in total. The summed E-state index contributed by atoms with van der Waals surface area (Å²) >= 11 is 0. The van der Waals surface area contributed by atoms with Gasteiger partial charge in [-0.05, 0) is 12.1 Å². The third kappa shape index (κ3) is 2.22. The van der Waals surface area contributed by atoms with E-state index in [9.17, 15) is 13.2 Å². The van der Waals surface area contributed by atoms with Gasteiger partial charge >= 0.3 is 6.18 Å². The standard InChI is InChI=1S/C15H8F3N2/c16-15(17,18)12-7-3-2-6-11(12)14-19-9-10-5-1-4-8-13(10)20-14/h1-8H. The van der Waals surface area contributed by atoms with Gasteiger partial charge in [0.1, 0.15) is 6.20 Å². The van der Waals surface area contributed by atoms with Gasteiger partial charge in [-0.15, -0.1) is 0 Å². The average Bonchev–Trinajstić information content (AvgIpc) is 2.46. The summed E-state index contributed by atoms with van der Waals surface area (Å²) in [6, 6.07) is 12.3. The first-order valence-electron chi connectivity index (χ1n) is 5.87. The molecule has 5 heteroatoms. The molecule has 1 heterocycles. The van der Waals surface area contributed by atoms with E-state index < -0.39 is 11.7 Å². The number of fused-ring (bicyclic) bond motifs is 1. The van der Waals surface area contributed by atoms with Gasteiger partial charge in [0.2, 0.25) is 0 Å². The fourth-order valence-corrected chi connectivity index (χ4v) is 1.96. The number of hydrogen-bond acceptors (Lipinski definition) is 2. The molecule has 0 saturated carbocycles. The van der Waals surface area contributed by atoms with Crippen LogP contribution in [0.3, 0.4) is 0 Å². The lowest BCUT2D eigenvalue weighted by Gasteiger charge is -2.11. The summed E-state index contributed by atoms with van der Waals surface area (Å²) in [4.78, 5) is 8.09. The Labute approximate surface area is 112 Å². The maximum absolute atomic E-state index is 13.0. The summed E-state index contributed by atoms with van der Waals surface area (Å²) in [7, 11) is 0. The van der Waals surface area contributed by atoms with Gasteiger partial charge in [0.15, 0.2) is 5.82 Å². The maximum atomic E-state index is 13.0. The molecule has 0 spiro atoms. The topological polar surface area (TPSA) is 25.8 Å². The van der Waals surface area contributed by atoms with Gasteiger partial charge in [-0.1, -0.05) is 36.4 Å². The lowest BCUT2D eigenvalue weighted by Crippen LogP contribution is -2.08. The Morgan fingerprint density at radius 1 is 0.900 bits per heavy atom. The van der Waals surface area contributed by atoms with Crippen molar-refractivity contribution in [2.45, 2.75) is 6.18 Å². The van der Waals surface area contributed by atoms with Gasteiger partial charge in [-0.2, -0.15) is 13.2 Å². The summed E-state index contributed by atoms with van der Waals surface area (Å²) in [5.74, 6) is 0.0247. The molecule has 0 N–H and O–H groups in total. The highest BCUT2D eigenvalue weighted by molar-refractivity contribution is 5.79. The molecular weight excluding hydrogens is 265 g/mol. The smallest absolute Gasteiger partial charge is 0.228 e. The Balaban J connectivity index is 2.21. The molecular formula is C15H8F3N2. The van der Waals surface area contributed by atoms with E-state index in [2.05, 4.69) is 16.2 Å². The molecule has 0 aliphatic rings. The second-order valence-electron chi connectivity index (χ2n) is 4.22. The lowest BCUT2D eigenvalue weighted by atomic mass is 10.1. The van der Waals surface area contributed by atoms with Crippen LogP contribution in [0.25, 0.3) is 22.3 Å². The van der Waals surface area contributed by atoms with E-state index in [0.717, 1.165) is 6.07 Å². The molecule has 2 aromatic carbocycles. The lowest BCUT2D eigenvalue weighted by molar-refractivity contribution is -0.137. The molecule has 1 radical (unpaired) electrons. The van der Waals surface area contributed by atoms with Crippen LogP contribution in [0.2, 0.25) is 0 Å². The Kier molecular flexibility index (Phi) is 2.89. The molecule has 0 amide bonds. The Morgan fingerprint density at radius 2 is 1.60 bits per heavy atom. The minimum atomic E-state index is -4.44. The van der Waals surface area contributed by atoms with E-state index in [1.807, 2.05) is 0 Å². The highest BCUT2D eigenvalue weighted by atomic mass is 19.4. The summed E-state index contributed by atoms with van der Waals surface area (Å²) < 4.78 is 38.9. The summed E-state index contributed by atoms with van der Waals surface area (Å²) in [5.41, 5.74) is -0.222. The van der Waals surface area contributed by atoms with E-state index >= 15 is 0 Å². The predicted molar refractivity (Wildman–Crippen MR) is 68.8 cm³/mol. The van der Waals surface area contributed by atoms with Gasteiger partial charge in [0.05, 0.1) is 11.1 Å². The Hall–Kier alpha value is -2.43. The fraction of sp³-hybridized carbons (Fsp3) is 0.0667.